The summed E-state index contributed by atoms with van der Waals surface area (Å²) in [5.74, 6) is 0. The lowest BCUT2D eigenvalue weighted by molar-refractivity contribution is 0.102. The number of hydrogen-bond donors (Lipinski definition) is 1. The zero-order chi connectivity index (χ0) is 11.2. The molecule has 0 bridgehead atoms. The van der Waals surface area contributed by atoms with E-state index in [1.54, 1.807) is 0 Å². The standard InChI is InChI=1S/C13H18N2O/c1-2-3-9-16-12-10-14-15-13(12)11-7-5-4-6-8-11/h4-8,12,14H,2-3,9-10H2,1H3. The highest BCUT2D eigenvalue weighted by molar-refractivity contribution is 6.04. The van der Waals surface area contributed by atoms with Crippen LogP contribution in [0.15, 0.2) is 35.4 Å². The molecule has 1 unspecified atom stereocenters. The zero-order valence-electron chi connectivity index (χ0n) is 9.65. The summed E-state index contributed by atoms with van der Waals surface area (Å²) in [7, 11) is 0. The fourth-order valence-corrected chi connectivity index (χ4v) is 1.75. The molecule has 1 aliphatic heterocycles. The van der Waals surface area contributed by atoms with Crippen LogP contribution in [0.3, 0.4) is 0 Å². The lowest BCUT2D eigenvalue weighted by atomic mass is 10.1. The molecule has 2 rings (SSSR count). The Balaban J connectivity index is 1.98. The smallest absolute Gasteiger partial charge is 0.121 e. The van der Waals surface area contributed by atoms with Crippen molar-refractivity contribution in [1.82, 2.24) is 5.43 Å². The van der Waals surface area contributed by atoms with Crippen molar-refractivity contribution in [1.29, 1.82) is 0 Å². The molecule has 0 saturated carbocycles. The van der Waals surface area contributed by atoms with Gasteiger partial charge in [0, 0.05) is 12.2 Å². The summed E-state index contributed by atoms with van der Waals surface area (Å²) in [4.78, 5) is 0. The Morgan fingerprint density at radius 2 is 2.19 bits per heavy atom. The van der Waals surface area contributed by atoms with Crippen LogP contribution in [0.4, 0.5) is 0 Å². The van der Waals surface area contributed by atoms with Crippen molar-refractivity contribution in [3.05, 3.63) is 35.9 Å². The Morgan fingerprint density at radius 3 is 2.94 bits per heavy atom. The molecular formula is C13H18N2O. The van der Waals surface area contributed by atoms with Crippen molar-refractivity contribution in [2.24, 2.45) is 5.10 Å². The molecule has 86 valence electrons. The van der Waals surface area contributed by atoms with Gasteiger partial charge in [-0.1, -0.05) is 43.7 Å². The van der Waals surface area contributed by atoms with Gasteiger partial charge >= 0.3 is 0 Å². The van der Waals surface area contributed by atoms with Crippen molar-refractivity contribution < 1.29 is 4.74 Å². The average molecular weight is 218 g/mol. The molecule has 16 heavy (non-hydrogen) atoms. The molecule has 0 aliphatic carbocycles. The SMILES string of the molecule is CCCCOC1CNN=C1c1ccccc1. The van der Waals surface area contributed by atoms with Crippen molar-refractivity contribution in [3.63, 3.8) is 0 Å². The summed E-state index contributed by atoms with van der Waals surface area (Å²) >= 11 is 0. The Bertz CT molecular complexity index is 348. The summed E-state index contributed by atoms with van der Waals surface area (Å²) in [5.41, 5.74) is 5.18. The Kier molecular flexibility index (Phi) is 3.94. The summed E-state index contributed by atoms with van der Waals surface area (Å²) < 4.78 is 5.82. The van der Waals surface area contributed by atoms with Gasteiger partial charge in [-0.25, -0.2) is 0 Å². The second kappa shape index (κ2) is 5.66. The van der Waals surface area contributed by atoms with E-state index in [-0.39, 0.29) is 6.10 Å². The van der Waals surface area contributed by atoms with E-state index >= 15 is 0 Å². The first-order valence-corrected chi connectivity index (χ1v) is 5.89. The van der Waals surface area contributed by atoms with E-state index < -0.39 is 0 Å². The normalized spacial score (nSPS) is 19.3. The predicted molar refractivity (Wildman–Crippen MR) is 65.6 cm³/mol. The van der Waals surface area contributed by atoms with Crippen molar-refractivity contribution in [2.45, 2.75) is 25.9 Å². The maximum absolute atomic E-state index is 5.82. The van der Waals surface area contributed by atoms with Crippen LogP contribution in [0.5, 0.6) is 0 Å². The molecule has 1 aliphatic rings. The molecule has 1 aromatic rings. The van der Waals surface area contributed by atoms with Gasteiger partial charge in [0.25, 0.3) is 0 Å². The number of hydrazone groups is 1. The minimum Gasteiger partial charge on any atom is -0.370 e. The number of nitrogens with one attached hydrogen (secondary N) is 1. The van der Waals surface area contributed by atoms with Crippen LogP contribution < -0.4 is 5.43 Å². The molecule has 0 spiro atoms. The Morgan fingerprint density at radius 1 is 1.38 bits per heavy atom. The molecule has 3 heteroatoms. The zero-order valence-corrected chi connectivity index (χ0v) is 9.65. The quantitative estimate of drug-likeness (QED) is 0.768. The van der Waals surface area contributed by atoms with Gasteiger partial charge in [0.2, 0.25) is 0 Å². The van der Waals surface area contributed by atoms with Crippen LogP contribution in [-0.4, -0.2) is 25.0 Å². The van der Waals surface area contributed by atoms with Gasteiger partial charge < -0.3 is 10.2 Å². The van der Waals surface area contributed by atoms with Crippen LogP contribution in [0.2, 0.25) is 0 Å². The van der Waals surface area contributed by atoms with Crippen LogP contribution >= 0.6 is 0 Å². The molecule has 0 saturated heterocycles. The van der Waals surface area contributed by atoms with E-state index in [1.807, 2.05) is 18.2 Å². The molecule has 1 heterocycles. The summed E-state index contributed by atoms with van der Waals surface area (Å²) in [6.07, 6.45) is 2.38. The van der Waals surface area contributed by atoms with E-state index in [0.29, 0.717) is 0 Å². The van der Waals surface area contributed by atoms with Gasteiger partial charge in [-0.05, 0) is 6.42 Å². The highest BCUT2D eigenvalue weighted by atomic mass is 16.5. The van der Waals surface area contributed by atoms with Crippen LogP contribution in [0, 0.1) is 0 Å². The van der Waals surface area contributed by atoms with Crippen molar-refractivity contribution >= 4 is 5.71 Å². The third-order valence-electron chi connectivity index (χ3n) is 2.67. The number of hydrogen-bond acceptors (Lipinski definition) is 3. The lowest BCUT2D eigenvalue weighted by Crippen LogP contribution is -2.26. The molecule has 0 fully saturated rings. The number of rotatable bonds is 5. The van der Waals surface area contributed by atoms with Crippen LogP contribution in [0.25, 0.3) is 0 Å². The molecule has 1 atom stereocenters. The summed E-state index contributed by atoms with van der Waals surface area (Å²) in [6, 6.07) is 10.2. The second-order valence-corrected chi connectivity index (χ2v) is 3.94. The third kappa shape index (κ3) is 2.61. The number of benzene rings is 1. The fourth-order valence-electron chi connectivity index (χ4n) is 1.75. The van der Waals surface area contributed by atoms with Gasteiger partial charge in [-0.2, -0.15) is 5.10 Å². The topological polar surface area (TPSA) is 33.6 Å². The Hall–Kier alpha value is -1.35. The third-order valence-corrected chi connectivity index (χ3v) is 2.67. The van der Waals surface area contributed by atoms with Gasteiger partial charge in [0.05, 0.1) is 12.3 Å². The monoisotopic (exact) mass is 218 g/mol. The molecule has 0 amide bonds. The molecule has 0 aromatic heterocycles. The number of ether oxygens (including phenoxy) is 1. The molecule has 0 radical (unpaired) electrons. The number of unbranched alkanes of at least 4 members (excludes halogenated alkanes) is 1. The number of nitrogens with zero attached hydrogens (tertiary/aromatic N) is 1. The average Bonchev–Trinajstić information content (AvgIpc) is 2.79. The minimum absolute atomic E-state index is 0.106. The first-order valence-electron chi connectivity index (χ1n) is 5.89. The minimum atomic E-state index is 0.106. The summed E-state index contributed by atoms with van der Waals surface area (Å²) in [6.45, 7) is 3.77. The Labute approximate surface area is 96.5 Å². The maximum atomic E-state index is 5.82. The first kappa shape index (κ1) is 11.1. The largest absolute Gasteiger partial charge is 0.370 e. The summed E-state index contributed by atoms with van der Waals surface area (Å²) in [5, 5.41) is 4.31. The van der Waals surface area contributed by atoms with Gasteiger partial charge in [-0.15, -0.1) is 0 Å². The van der Waals surface area contributed by atoms with Gasteiger partial charge in [0.1, 0.15) is 6.10 Å². The predicted octanol–water partition coefficient (Wildman–Crippen LogP) is 2.18. The highest BCUT2D eigenvalue weighted by Gasteiger charge is 2.22. The highest BCUT2D eigenvalue weighted by Crippen LogP contribution is 2.11. The van der Waals surface area contributed by atoms with E-state index in [0.717, 1.165) is 37.3 Å². The molecular weight excluding hydrogens is 200 g/mol. The second-order valence-electron chi connectivity index (χ2n) is 3.94. The molecule has 1 aromatic carbocycles. The van der Waals surface area contributed by atoms with Gasteiger partial charge in [-0.3, -0.25) is 0 Å². The van der Waals surface area contributed by atoms with Crippen molar-refractivity contribution in [2.75, 3.05) is 13.2 Å². The molecule has 3 nitrogen and oxygen atoms in total. The van der Waals surface area contributed by atoms with Crippen LogP contribution in [0.1, 0.15) is 25.3 Å². The van der Waals surface area contributed by atoms with E-state index in [1.165, 1.54) is 0 Å². The van der Waals surface area contributed by atoms with E-state index in [4.69, 9.17) is 4.74 Å². The fraction of sp³-hybridized carbons (Fsp3) is 0.462. The van der Waals surface area contributed by atoms with E-state index in [9.17, 15) is 0 Å². The first-order chi connectivity index (χ1) is 7.92. The molecule has 1 N–H and O–H groups in total. The maximum Gasteiger partial charge on any atom is 0.121 e. The van der Waals surface area contributed by atoms with E-state index in [2.05, 4.69) is 29.6 Å². The van der Waals surface area contributed by atoms with Crippen LogP contribution in [-0.2, 0) is 4.74 Å². The van der Waals surface area contributed by atoms with Gasteiger partial charge in [0.15, 0.2) is 0 Å². The van der Waals surface area contributed by atoms with Crippen molar-refractivity contribution in [3.8, 4) is 0 Å². The lowest BCUT2D eigenvalue weighted by Gasteiger charge is -2.12.